The molecule has 1 amide bonds. The van der Waals surface area contributed by atoms with E-state index in [1.54, 1.807) is 24.3 Å². The highest BCUT2D eigenvalue weighted by Gasteiger charge is 2.34. The summed E-state index contributed by atoms with van der Waals surface area (Å²) in [7, 11) is -3.52. The van der Waals surface area contributed by atoms with Gasteiger partial charge in [-0.15, -0.1) is 0 Å². The second-order valence-corrected chi connectivity index (χ2v) is 6.96. The standard InChI is InChI=1S/C14H20N2O3S/c1-3-13(14(17)15-11-9-10-11)16(20(2,18)19)12-7-5-4-6-8-12/h4-8,11,13H,3,9-10H2,1-2H3,(H,15,17)/t13-/m0/s1. The van der Waals surface area contributed by atoms with Gasteiger partial charge in [0.05, 0.1) is 11.9 Å². The van der Waals surface area contributed by atoms with Gasteiger partial charge in [0.1, 0.15) is 6.04 Å². The Bertz CT molecular complexity index is 567. The first-order valence-corrected chi connectivity index (χ1v) is 8.63. The van der Waals surface area contributed by atoms with Gasteiger partial charge in [0.15, 0.2) is 0 Å². The maximum atomic E-state index is 12.3. The van der Waals surface area contributed by atoms with Crippen LogP contribution in [0.25, 0.3) is 0 Å². The smallest absolute Gasteiger partial charge is 0.244 e. The number of benzene rings is 1. The molecule has 0 bridgehead atoms. The third kappa shape index (κ3) is 3.50. The van der Waals surface area contributed by atoms with Crippen LogP contribution in [-0.4, -0.2) is 32.7 Å². The van der Waals surface area contributed by atoms with Crippen LogP contribution in [0.3, 0.4) is 0 Å². The van der Waals surface area contributed by atoms with Gasteiger partial charge in [-0.2, -0.15) is 0 Å². The molecule has 0 aromatic heterocycles. The second-order valence-electron chi connectivity index (χ2n) is 5.10. The summed E-state index contributed by atoms with van der Waals surface area (Å²) >= 11 is 0. The molecule has 6 heteroatoms. The summed E-state index contributed by atoms with van der Waals surface area (Å²) < 4.78 is 25.4. The lowest BCUT2D eigenvalue weighted by Crippen LogP contribution is -2.49. The van der Waals surface area contributed by atoms with Crippen LogP contribution in [0.2, 0.25) is 0 Å². The van der Waals surface area contributed by atoms with Crippen molar-refractivity contribution in [1.82, 2.24) is 5.32 Å². The highest BCUT2D eigenvalue weighted by atomic mass is 32.2. The number of amides is 1. The minimum atomic E-state index is -3.52. The van der Waals surface area contributed by atoms with Gasteiger partial charge in [0, 0.05) is 6.04 Å². The molecular formula is C14H20N2O3S. The Hall–Kier alpha value is -1.56. The second kappa shape index (κ2) is 5.83. The molecule has 1 aliphatic carbocycles. The summed E-state index contributed by atoms with van der Waals surface area (Å²) in [4.78, 5) is 12.3. The van der Waals surface area contributed by atoms with Crippen LogP contribution in [0.1, 0.15) is 26.2 Å². The molecule has 1 fully saturated rings. The highest BCUT2D eigenvalue weighted by molar-refractivity contribution is 7.92. The number of anilines is 1. The van der Waals surface area contributed by atoms with Gasteiger partial charge < -0.3 is 5.32 Å². The molecule has 0 spiro atoms. The zero-order valence-corrected chi connectivity index (χ0v) is 12.6. The Labute approximate surface area is 120 Å². The predicted molar refractivity (Wildman–Crippen MR) is 79.0 cm³/mol. The Morgan fingerprint density at radius 2 is 1.95 bits per heavy atom. The fraction of sp³-hybridized carbons (Fsp3) is 0.500. The lowest BCUT2D eigenvalue weighted by Gasteiger charge is -2.30. The Balaban J connectivity index is 2.31. The molecule has 110 valence electrons. The van der Waals surface area contributed by atoms with Crippen molar-refractivity contribution in [1.29, 1.82) is 0 Å². The van der Waals surface area contributed by atoms with E-state index in [9.17, 15) is 13.2 Å². The number of carbonyl (C=O) groups is 1. The van der Waals surface area contributed by atoms with Crippen LogP contribution >= 0.6 is 0 Å². The first kappa shape index (κ1) is 14.8. The molecule has 1 N–H and O–H groups in total. The van der Waals surface area contributed by atoms with Crippen molar-refractivity contribution in [2.24, 2.45) is 0 Å². The fourth-order valence-electron chi connectivity index (χ4n) is 2.16. The number of nitrogens with zero attached hydrogens (tertiary/aromatic N) is 1. The summed E-state index contributed by atoms with van der Waals surface area (Å²) in [6.07, 6.45) is 3.52. The average Bonchev–Trinajstić information content (AvgIpc) is 3.19. The van der Waals surface area contributed by atoms with Crippen LogP contribution < -0.4 is 9.62 Å². The number of nitrogens with one attached hydrogen (secondary N) is 1. The van der Waals surface area contributed by atoms with E-state index in [1.165, 1.54) is 4.31 Å². The molecule has 0 saturated heterocycles. The number of carbonyl (C=O) groups excluding carboxylic acids is 1. The van der Waals surface area contributed by atoms with E-state index in [2.05, 4.69) is 5.32 Å². The molecule has 0 unspecified atom stereocenters. The molecule has 1 aliphatic rings. The van der Waals surface area contributed by atoms with E-state index >= 15 is 0 Å². The lowest BCUT2D eigenvalue weighted by atomic mass is 10.2. The van der Waals surface area contributed by atoms with E-state index in [4.69, 9.17) is 0 Å². The van der Waals surface area contributed by atoms with Crippen LogP contribution in [0.4, 0.5) is 5.69 Å². The molecule has 1 saturated carbocycles. The highest BCUT2D eigenvalue weighted by Crippen LogP contribution is 2.24. The van der Waals surface area contributed by atoms with E-state index < -0.39 is 16.1 Å². The van der Waals surface area contributed by atoms with Gasteiger partial charge in [-0.05, 0) is 31.4 Å². The van der Waals surface area contributed by atoms with Crippen LogP contribution in [-0.2, 0) is 14.8 Å². The van der Waals surface area contributed by atoms with E-state index in [0.29, 0.717) is 12.1 Å². The minimum absolute atomic E-state index is 0.216. The van der Waals surface area contributed by atoms with Gasteiger partial charge in [-0.3, -0.25) is 9.10 Å². The molecule has 2 rings (SSSR count). The Kier molecular flexibility index (Phi) is 4.32. The monoisotopic (exact) mass is 296 g/mol. The number of rotatable bonds is 6. The first-order chi connectivity index (χ1) is 9.43. The Morgan fingerprint density at radius 3 is 2.40 bits per heavy atom. The minimum Gasteiger partial charge on any atom is -0.352 e. The van der Waals surface area contributed by atoms with Crippen molar-refractivity contribution >= 4 is 21.6 Å². The molecule has 0 heterocycles. The normalized spacial score (nSPS) is 16.5. The maximum Gasteiger partial charge on any atom is 0.244 e. The number of hydrogen-bond donors (Lipinski definition) is 1. The van der Waals surface area contributed by atoms with Crippen LogP contribution in [0.15, 0.2) is 30.3 Å². The van der Waals surface area contributed by atoms with Gasteiger partial charge in [0.25, 0.3) is 0 Å². The van der Waals surface area contributed by atoms with E-state index in [-0.39, 0.29) is 11.9 Å². The van der Waals surface area contributed by atoms with Crippen LogP contribution in [0.5, 0.6) is 0 Å². The number of hydrogen-bond acceptors (Lipinski definition) is 3. The largest absolute Gasteiger partial charge is 0.352 e. The summed E-state index contributed by atoms with van der Waals surface area (Å²) in [6.45, 7) is 1.82. The molecule has 1 atom stereocenters. The van der Waals surface area contributed by atoms with E-state index in [0.717, 1.165) is 19.1 Å². The van der Waals surface area contributed by atoms with Crippen molar-refractivity contribution in [3.05, 3.63) is 30.3 Å². The summed E-state index contributed by atoms with van der Waals surface area (Å²) in [6, 6.07) is 8.26. The van der Waals surface area contributed by atoms with E-state index in [1.807, 2.05) is 13.0 Å². The number of para-hydroxylation sites is 1. The van der Waals surface area contributed by atoms with Gasteiger partial charge >= 0.3 is 0 Å². The fourth-order valence-corrected chi connectivity index (χ4v) is 3.37. The maximum absolute atomic E-state index is 12.3. The molecule has 5 nitrogen and oxygen atoms in total. The first-order valence-electron chi connectivity index (χ1n) is 6.78. The van der Waals surface area contributed by atoms with Crippen molar-refractivity contribution in [2.75, 3.05) is 10.6 Å². The zero-order valence-electron chi connectivity index (χ0n) is 11.7. The SMILES string of the molecule is CC[C@@H](C(=O)NC1CC1)N(c1ccccc1)S(C)(=O)=O. The van der Waals surface area contributed by atoms with Crippen LogP contribution in [0, 0.1) is 0 Å². The molecular weight excluding hydrogens is 276 g/mol. The summed E-state index contributed by atoms with van der Waals surface area (Å²) in [5.41, 5.74) is 0.521. The molecule has 0 radical (unpaired) electrons. The summed E-state index contributed by atoms with van der Waals surface area (Å²) in [5.74, 6) is -0.218. The molecule has 1 aromatic rings. The average molecular weight is 296 g/mol. The molecule has 1 aromatic carbocycles. The summed E-state index contributed by atoms with van der Waals surface area (Å²) in [5, 5.41) is 2.88. The number of sulfonamides is 1. The van der Waals surface area contributed by atoms with Crippen molar-refractivity contribution in [2.45, 2.75) is 38.3 Å². The van der Waals surface area contributed by atoms with Gasteiger partial charge in [-0.1, -0.05) is 25.1 Å². The van der Waals surface area contributed by atoms with Crippen molar-refractivity contribution < 1.29 is 13.2 Å². The Morgan fingerprint density at radius 1 is 1.35 bits per heavy atom. The van der Waals surface area contributed by atoms with Crippen molar-refractivity contribution in [3.8, 4) is 0 Å². The zero-order chi connectivity index (χ0) is 14.8. The molecule has 0 aliphatic heterocycles. The molecule has 20 heavy (non-hydrogen) atoms. The van der Waals surface area contributed by atoms with Gasteiger partial charge in [0.2, 0.25) is 15.9 Å². The quantitative estimate of drug-likeness (QED) is 0.865. The third-order valence-corrected chi connectivity index (χ3v) is 4.44. The predicted octanol–water partition coefficient (Wildman–Crippen LogP) is 1.51. The lowest BCUT2D eigenvalue weighted by molar-refractivity contribution is -0.122. The topological polar surface area (TPSA) is 66.5 Å². The third-order valence-electron chi connectivity index (χ3n) is 3.26. The van der Waals surface area contributed by atoms with Gasteiger partial charge in [-0.25, -0.2) is 8.42 Å². The van der Waals surface area contributed by atoms with Crippen molar-refractivity contribution in [3.63, 3.8) is 0 Å².